The van der Waals surface area contributed by atoms with Crippen molar-refractivity contribution in [3.8, 4) is 21.4 Å². The number of carbonyl (C=O) groups is 8. The molecule has 3 heterocycles. The third kappa shape index (κ3) is 11.8. The van der Waals surface area contributed by atoms with Crippen LogP contribution in [0.15, 0.2) is 29.6 Å². The SMILES string of the molecule is CC(=O)C1CCC(C(=O)OCOC(=O)C2CCC(C(=O)Oc3ccc(OC(=O)C4CCC(C(=O)OC(C)OC(=O)C5CCC(C(C)=O)CC5)CC4)c4nc(-c5cc6sccc6s5)sc34)CC2)CC1. The first kappa shape index (κ1) is 49.4. The minimum absolute atomic E-state index is 0.0145. The van der Waals surface area contributed by atoms with Gasteiger partial charge in [0, 0.05) is 28.2 Å². The molecule has 1 aromatic carbocycles. The minimum Gasteiger partial charge on any atom is -0.428 e. The maximum absolute atomic E-state index is 13.7. The Balaban J connectivity index is 0.836. The molecule has 0 spiro atoms. The molecule has 4 fully saturated rings. The quantitative estimate of drug-likeness (QED) is 0.0617. The van der Waals surface area contributed by atoms with Crippen molar-refractivity contribution in [2.75, 3.05) is 6.79 Å². The summed E-state index contributed by atoms with van der Waals surface area (Å²) in [6, 6.07) is 7.29. The molecule has 0 radical (unpaired) electrons. The van der Waals surface area contributed by atoms with Gasteiger partial charge in [0.05, 0.1) is 40.4 Å². The predicted molar refractivity (Wildman–Crippen MR) is 251 cm³/mol. The Kier molecular flexibility index (Phi) is 16.1. The first-order valence-corrected chi connectivity index (χ1v) is 26.3. The fraction of sp³-hybridized carbons (Fsp3) is 0.580. The summed E-state index contributed by atoms with van der Waals surface area (Å²) in [5.74, 6) is -4.50. The van der Waals surface area contributed by atoms with E-state index in [-0.39, 0.29) is 46.7 Å². The fourth-order valence-electron chi connectivity index (χ4n) is 10.0. The number of Topliss-reactive ketones (excluding diaryl/α,β-unsaturated/α-hetero) is 2. The zero-order valence-corrected chi connectivity index (χ0v) is 40.9. The molecule has 4 aliphatic rings. The highest BCUT2D eigenvalue weighted by atomic mass is 32.1. The molecule has 18 heteroatoms. The van der Waals surface area contributed by atoms with Crippen molar-refractivity contribution < 1.29 is 66.8 Å². The maximum atomic E-state index is 13.7. The molecule has 68 heavy (non-hydrogen) atoms. The van der Waals surface area contributed by atoms with Crippen LogP contribution in [-0.2, 0) is 57.3 Å². The van der Waals surface area contributed by atoms with Crippen LogP contribution in [0.25, 0.3) is 29.5 Å². The average Bonchev–Trinajstić information content (AvgIpc) is 4.09. The summed E-state index contributed by atoms with van der Waals surface area (Å²) < 4.78 is 36.4. The topological polar surface area (TPSA) is 205 Å². The van der Waals surface area contributed by atoms with Crippen LogP contribution in [0.2, 0.25) is 0 Å². The number of hydrogen-bond donors (Lipinski definition) is 0. The lowest BCUT2D eigenvalue weighted by Gasteiger charge is -2.28. The molecule has 0 bridgehead atoms. The van der Waals surface area contributed by atoms with Gasteiger partial charge in [-0.3, -0.25) is 38.4 Å². The van der Waals surface area contributed by atoms with Crippen molar-refractivity contribution in [3.05, 3.63) is 29.6 Å². The van der Waals surface area contributed by atoms with Gasteiger partial charge in [0.15, 0.2) is 11.5 Å². The van der Waals surface area contributed by atoms with Crippen molar-refractivity contribution in [1.82, 2.24) is 4.98 Å². The highest BCUT2D eigenvalue weighted by Gasteiger charge is 2.37. The van der Waals surface area contributed by atoms with Crippen LogP contribution in [0.1, 0.15) is 124 Å². The van der Waals surface area contributed by atoms with Crippen LogP contribution in [0.5, 0.6) is 11.5 Å². The summed E-state index contributed by atoms with van der Waals surface area (Å²) in [7, 11) is 0. The largest absolute Gasteiger partial charge is 0.428 e. The van der Waals surface area contributed by atoms with E-state index >= 15 is 0 Å². The molecule has 0 saturated heterocycles. The van der Waals surface area contributed by atoms with E-state index in [1.165, 1.54) is 18.3 Å². The lowest BCUT2D eigenvalue weighted by molar-refractivity contribution is -0.192. The Labute approximate surface area is 405 Å². The number of ether oxygens (including phenoxy) is 6. The maximum Gasteiger partial charge on any atom is 0.314 e. The van der Waals surface area contributed by atoms with E-state index in [4.69, 9.17) is 33.4 Å². The normalized spacial score (nSPS) is 25.7. The van der Waals surface area contributed by atoms with E-state index in [9.17, 15) is 38.4 Å². The monoisotopic (exact) mass is 991 g/mol. The van der Waals surface area contributed by atoms with E-state index in [0.717, 1.165) is 14.3 Å². The first-order chi connectivity index (χ1) is 32.7. The molecule has 3 aromatic heterocycles. The number of thiazole rings is 1. The Bertz CT molecular complexity index is 2500. The number of hydrogen-bond acceptors (Lipinski definition) is 18. The van der Waals surface area contributed by atoms with E-state index in [2.05, 4.69) is 6.07 Å². The van der Waals surface area contributed by atoms with Crippen LogP contribution in [0, 0.1) is 47.3 Å². The number of benzene rings is 1. The van der Waals surface area contributed by atoms with Crippen molar-refractivity contribution in [1.29, 1.82) is 0 Å². The Morgan fingerprint density at radius 3 is 1.40 bits per heavy atom. The highest BCUT2D eigenvalue weighted by molar-refractivity contribution is 7.31. The molecule has 0 N–H and O–H groups in total. The summed E-state index contributed by atoms with van der Waals surface area (Å²) >= 11 is 4.55. The number of thiophene rings is 2. The van der Waals surface area contributed by atoms with Gasteiger partial charge in [-0.05, 0) is 146 Å². The first-order valence-electron chi connectivity index (χ1n) is 23.8. The van der Waals surface area contributed by atoms with Crippen LogP contribution >= 0.6 is 34.0 Å². The van der Waals surface area contributed by atoms with Gasteiger partial charge >= 0.3 is 35.8 Å². The van der Waals surface area contributed by atoms with Gasteiger partial charge in [0.2, 0.25) is 13.1 Å². The molecule has 0 aliphatic heterocycles. The van der Waals surface area contributed by atoms with Gasteiger partial charge in [-0.2, -0.15) is 0 Å². The molecular weight excluding hydrogens is 935 g/mol. The number of carbonyl (C=O) groups excluding carboxylic acids is 8. The van der Waals surface area contributed by atoms with E-state index in [1.54, 1.807) is 48.7 Å². The van der Waals surface area contributed by atoms with E-state index in [0.29, 0.717) is 118 Å². The molecule has 1 unspecified atom stereocenters. The van der Waals surface area contributed by atoms with Gasteiger partial charge in [-0.1, -0.05) is 0 Å². The van der Waals surface area contributed by atoms with Gasteiger partial charge in [0.25, 0.3) is 0 Å². The number of fused-ring (bicyclic) bond motifs is 2. The molecule has 4 saturated carbocycles. The number of ketones is 2. The van der Waals surface area contributed by atoms with E-state index < -0.39 is 72.6 Å². The highest BCUT2D eigenvalue weighted by Crippen LogP contribution is 2.45. The van der Waals surface area contributed by atoms with Gasteiger partial charge < -0.3 is 28.4 Å². The molecular formula is C50H57NO14S3. The summed E-state index contributed by atoms with van der Waals surface area (Å²) in [4.78, 5) is 108. The van der Waals surface area contributed by atoms with Crippen LogP contribution in [-0.4, -0.2) is 65.4 Å². The average molecular weight is 992 g/mol. The van der Waals surface area contributed by atoms with Crippen molar-refractivity contribution >= 4 is 101 Å². The lowest BCUT2D eigenvalue weighted by Crippen LogP contribution is -2.33. The standard InChI is InChI=1S/C50H57NO14S3/c1-26(52)29-4-8-31(9-5-29)45(54)60-25-61-46(55)32-12-14-36(15-13-32)50(59)65-38-21-20-37(42-43(38)68-44(51-42)41-24-40-39(67-41)22-23-66-40)64-49(58)35-18-16-34(17-19-35)48(57)63-28(3)62-47(56)33-10-6-30(7-11-33)27(2)53/h20-24,28-36H,4-19,25H2,1-3H3. The lowest BCUT2D eigenvalue weighted by atomic mass is 9.80. The van der Waals surface area contributed by atoms with Crippen LogP contribution in [0.4, 0.5) is 0 Å². The van der Waals surface area contributed by atoms with Crippen molar-refractivity contribution in [2.45, 2.75) is 130 Å². The second-order valence-electron chi connectivity index (χ2n) is 18.8. The van der Waals surface area contributed by atoms with Gasteiger partial charge in [0.1, 0.15) is 26.8 Å². The Morgan fingerprint density at radius 1 is 0.529 bits per heavy atom. The minimum atomic E-state index is -1.06. The third-order valence-electron chi connectivity index (χ3n) is 14.3. The zero-order chi connectivity index (χ0) is 48.1. The summed E-state index contributed by atoms with van der Waals surface area (Å²) in [5, 5.41) is 2.70. The molecule has 364 valence electrons. The van der Waals surface area contributed by atoms with Gasteiger partial charge in [-0.25, -0.2) is 4.98 Å². The van der Waals surface area contributed by atoms with Crippen molar-refractivity contribution in [3.63, 3.8) is 0 Å². The second kappa shape index (κ2) is 22.1. The number of nitrogens with zero attached hydrogens (tertiary/aromatic N) is 1. The molecule has 15 nitrogen and oxygen atoms in total. The van der Waals surface area contributed by atoms with Crippen LogP contribution < -0.4 is 9.47 Å². The second-order valence-corrected chi connectivity index (χ2v) is 21.8. The Hall–Kier alpha value is -5.07. The fourth-order valence-corrected chi connectivity index (χ4v) is 13.2. The smallest absolute Gasteiger partial charge is 0.314 e. The van der Waals surface area contributed by atoms with E-state index in [1.807, 2.05) is 11.4 Å². The molecule has 0 amide bonds. The van der Waals surface area contributed by atoms with Crippen molar-refractivity contribution in [2.24, 2.45) is 47.3 Å². The third-order valence-corrected chi connectivity index (χ3v) is 17.6. The Morgan fingerprint density at radius 2 is 0.941 bits per heavy atom. The zero-order valence-electron chi connectivity index (χ0n) is 38.5. The molecule has 4 aliphatic carbocycles. The predicted octanol–water partition coefficient (Wildman–Crippen LogP) is 9.93. The van der Waals surface area contributed by atoms with Gasteiger partial charge in [-0.15, -0.1) is 34.0 Å². The summed E-state index contributed by atoms with van der Waals surface area (Å²) in [6.07, 6.45) is 6.92. The number of rotatable bonds is 15. The molecule has 1 atom stereocenters. The molecule has 4 aromatic rings. The molecule has 8 rings (SSSR count). The summed E-state index contributed by atoms with van der Waals surface area (Å²) in [5.41, 5.74) is 0.379. The number of aromatic nitrogens is 1. The summed E-state index contributed by atoms with van der Waals surface area (Å²) in [6.45, 7) is 4.19. The number of esters is 6. The van der Waals surface area contributed by atoms with Crippen LogP contribution in [0.3, 0.4) is 0 Å².